The van der Waals surface area contributed by atoms with Gasteiger partial charge in [-0.1, -0.05) is 236 Å². The summed E-state index contributed by atoms with van der Waals surface area (Å²) in [5, 5.41) is 0. The first-order chi connectivity index (χ1) is 30.6. The molecule has 12 rings (SSSR count). The van der Waals surface area contributed by atoms with Gasteiger partial charge >= 0.3 is 0 Å². The van der Waals surface area contributed by atoms with Crippen molar-refractivity contribution in [3.8, 4) is 0 Å². The van der Waals surface area contributed by atoms with E-state index in [1.807, 2.05) is 0 Å². The fourth-order valence-corrected chi connectivity index (χ4v) is 10.4. The summed E-state index contributed by atoms with van der Waals surface area (Å²) in [7, 11) is 0. The monoisotopic (exact) mass is 923 g/mol. The zero-order valence-electron chi connectivity index (χ0n) is 50.3. The first-order valence-electron chi connectivity index (χ1n) is 30.6. The minimum atomic E-state index is 0.708. The maximum Gasteiger partial charge on any atom is -0.0268 e. The normalized spacial score (nSPS) is 38.1. The predicted molar refractivity (Wildman–Crippen MR) is 301 cm³/mol. The number of hydrogen-bond acceptors (Lipinski definition) is 0. The zero-order chi connectivity index (χ0) is 50.3. The third-order valence-corrected chi connectivity index (χ3v) is 21.4. The molecule has 1 spiro atoms. The van der Waals surface area contributed by atoms with E-state index in [1.165, 1.54) is 141 Å². The van der Waals surface area contributed by atoms with E-state index in [4.69, 9.17) is 0 Å². The van der Waals surface area contributed by atoms with Crippen molar-refractivity contribution < 1.29 is 0 Å². The quantitative estimate of drug-likeness (QED) is 0.265. The fraction of sp³-hybridized carbons (Fsp3) is 1.00. The molecular weight excluding hydrogens is 793 g/mol. The fourth-order valence-electron chi connectivity index (χ4n) is 10.4. The van der Waals surface area contributed by atoms with E-state index >= 15 is 0 Å². The smallest absolute Gasteiger partial charge is 0.0268 e. The van der Waals surface area contributed by atoms with E-state index < -0.39 is 0 Å². The molecule has 0 heteroatoms. The molecule has 0 heterocycles. The van der Waals surface area contributed by atoms with Crippen LogP contribution in [0.25, 0.3) is 0 Å². The molecule has 7 atom stereocenters. The molecule has 0 aromatic rings. The third kappa shape index (κ3) is 26.4. The highest BCUT2D eigenvalue weighted by Crippen LogP contribution is 2.70. The van der Waals surface area contributed by atoms with Crippen LogP contribution >= 0.6 is 0 Å². The average Bonchev–Trinajstić information content (AvgIpc) is 3.82. The molecule has 0 aliphatic heterocycles. The highest BCUT2D eigenvalue weighted by Gasteiger charge is 2.59. The van der Waals surface area contributed by atoms with Crippen LogP contribution in [-0.2, 0) is 0 Å². The Bertz CT molecular complexity index is 1120. The predicted octanol–water partition coefficient (Wildman–Crippen LogP) is 22.8. The summed E-state index contributed by atoms with van der Waals surface area (Å²) in [5.41, 5.74) is 3.89. The van der Waals surface area contributed by atoms with Gasteiger partial charge in [-0.2, -0.15) is 0 Å². The topological polar surface area (TPSA) is 0 Å². The molecular formula is C66H130. The van der Waals surface area contributed by atoms with Gasteiger partial charge in [-0.05, 0) is 187 Å². The van der Waals surface area contributed by atoms with Crippen molar-refractivity contribution in [1.82, 2.24) is 0 Å². The Kier molecular flexibility index (Phi) is 26.6. The standard InChI is InChI=1S/C6H10.10C6H12/c1-5-4-6(5)2-3-6;2*1-5-4-6(5,2)3;1-5-3-6(2)4-5;1-6(2)4-3-5-6;1-5-3-4-6(5)2;1-4-5(2)6(4)3;1-6-4-2-3-5-6;1-3-6(2)4-5-6;1-3-6-4-5(6)2;1-2-6-4-3-5-6/h5H,2-4H2,1H3;2*5H,4H2,1-3H3;5-6H,3-4H2,1-2H3;3-5H2,1-2H3;5-6H,3-4H2,1-2H3;4-6H,1-3H3;6H,2-5H2,1H3;3-5H2,1-2H3;5-6H,3-4H2,1-2H3;6H,2-5H2,1H3/t2*5-;;;;5-,6?;;;;;/m00...1...../s1. The second kappa shape index (κ2) is 28.3. The lowest BCUT2D eigenvalue weighted by Gasteiger charge is -2.33. The largest absolute Gasteiger partial charge is 0.0651 e. The van der Waals surface area contributed by atoms with E-state index in [-0.39, 0.29) is 0 Å². The molecule has 0 radical (unpaired) electrons. The lowest BCUT2D eigenvalue weighted by Crippen LogP contribution is -2.20. The van der Waals surface area contributed by atoms with Crippen LogP contribution in [0.5, 0.6) is 0 Å². The molecule has 0 nitrogen and oxygen atoms in total. The van der Waals surface area contributed by atoms with E-state index in [0.29, 0.717) is 10.8 Å². The van der Waals surface area contributed by atoms with Crippen LogP contribution in [-0.4, -0.2) is 0 Å². The Morgan fingerprint density at radius 2 is 0.742 bits per heavy atom. The molecule has 0 amide bonds. The minimum Gasteiger partial charge on any atom is -0.0651 e. The van der Waals surface area contributed by atoms with Gasteiger partial charge in [0.25, 0.3) is 0 Å². The summed E-state index contributed by atoms with van der Waals surface area (Å²) >= 11 is 0. The maximum absolute atomic E-state index is 2.37. The Labute approximate surface area is 420 Å². The van der Waals surface area contributed by atoms with Gasteiger partial charge in [0.15, 0.2) is 0 Å². The van der Waals surface area contributed by atoms with Crippen molar-refractivity contribution in [2.75, 3.05) is 0 Å². The molecule has 0 aromatic carbocycles. The molecule has 12 aliphatic carbocycles. The van der Waals surface area contributed by atoms with Crippen LogP contribution < -0.4 is 0 Å². The molecule has 0 saturated heterocycles. The molecule has 12 fully saturated rings. The summed E-state index contributed by atoms with van der Waals surface area (Å²) in [6.07, 6.45) is 36.9. The van der Waals surface area contributed by atoms with Gasteiger partial charge < -0.3 is 0 Å². The lowest BCUT2D eigenvalue weighted by molar-refractivity contribution is 0.190. The number of hydrogen-bond donors (Lipinski definition) is 0. The van der Waals surface area contributed by atoms with E-state index in [2.05, 4.69) is 152 Å². The SMILES string of the molecule is CC1(C)CCC1.CC1C(C)C1C.CC1CC(C)C1.CC1CC1(C)C.CC1CCCC1.CC1CC[C@H]1C.CCC1(C)CC1.CCC1CC1C.CCC1CCC1.C[C@H]1CC1(C)C.C[C@H]1CC12CC2. The average molecular weight is 924 g/mol. The molecule has 394 valence electrons. The second-order valence-corrected chi connectivity index (χ2v) is 29.6. The second-order valence-electron chi connectivity index (χ2n) is 29.6. The molecule has 4 unspecified atom stereocenters. The van der Waals surface area contributed by atoms with E-state index in [1.54, 1.807) is 19.3 Å². The van der Waals surface area contributed by atoms with Crippen LogP contribution in [0.4, 0.5) is 0 Å². The Morgan fingerprint density at radius 3 is 0.758 bits per heavy atom. The van der Waals surface area contributed by atoms with Gasteiger partial charge in [0.2, 0.25) is 0 Å². The van der Waals surface area contributed by atoms with Gasteiger partial charge in [-0.15, -0.1) is 0 Å². The Morgan fingerprint density at radius 1 is 0.379 bits per heavy atom. The molecule has 0 bridgehead atoms. The highest BCUT2D eigenvalue weighted by molar-refractivity contribution is 5.10. The van der Waals surface area contributed by atoms with Crippen LogP contribution in [0.3, 0.4) is 0 Å². The van der Waals surface area contributed by atoms with Gasteiger partial charge in [0.1, 0.15) is 0 Å². The zero-order valence-corrected chi connectivity index (χ0v) is 50.3. The first kappa shape index (κ1) is 62.1. The maximum atomic E-state index is 2.37. The van der Waals surface area contributed by atoms with Gasteiger partial charge in [0.05, 0.1) is 0 Å². The molecule has 0 aromatic heterocycles. The van der Waals surface area contributed by atoms with Crippen LogP contribution in [0, 0.1) is 110 Å². The number of rotatable bonds is 3. The summed E-state index contributed by atoms with van der Waals surface area (Å²) in [6.45, 7) is 51.0. The van der Waals surface area contributed by atoms with E-state index in [9.17, 15) is 0 Å². The molecule has 0 N–H and O–H groups in total. The van der Waals surface area contributed by atoms with Crippen LogP contribution in [0.15, 0.2) is 0 Å². The van der Waals surface area contributed by atoms with Crippen LogP contribution in [0.1, 0.15) is 313 Å². The molecule has 66 heavy (non-hydrogen) atoms. The third-order valence-electron chi connectivity index (χ3n) is 21.4. The summed E-state index contributed by atoms with van der Waals surface area (Å²) in [6, 6.07) is 0. The Hall–Kier alpha value is 0. The van der Waals surface area contributed by atoms with Crippen molar-refractivity contribution in [1.29, 1.82) is 0 Å². The minimum absolute atomic E-state index is 0.708. The summed E-state index contributed by atoms with van der Waals surface area (Å²) in [5.74, 6) is 14.6. The first-order valence-corrected chi connectivity index (χ1v) is 30.6. The van der Waals surface area contributed by atoms with Crippen LogP contribution in [0.2, 0.25) is 0 Å². The summed E-state index contributed by atoms with van der Waals surface area (Å²) in [4.78, 5) is 0. The van der Waals surface area contributed by atoms with Crippen molar-refractivity contribution >= 4 is 0 Å². The molecule has 12 saturated carbocycles. The van der Waals surface area contributed by atoms with Crippen molar-refractivity contribution in [2.24, 2.45) is 110 Å². The van der Waals surface area contributed by atoms with Crippen molar-refractivity contribution in [3.05, 3.63) is 0 Å². The van der Waals surface area contributed by atoms with Gasteiger partial charge in [0, 0.05) is 0 Å². The summed E-state index contributed by atoms with van der Waals surface area (Å²) < 4.78 is 0. The van der Waals surface area contributed by atoms with Crippen molar-refractivity contribution in [3.63, 3.8) is 0 Å². The van der Waals surface area contributed by atoms with Crippen molar-refractivity contribution in [2.45, 2.75) is 313 Å². The molecule has 12 aliphatic rings. The van der Waals surface area contributed by atoms with E-state index in [0.717, 1.165) is 99.1 Å². The lowest BCUT2D eigenvalue weighted by atomic mass is 9.72. The highest BCUT2D eigenvalue weighted by atomic mass is 14.6. The van der Waals surface area contributed by atoms with Gasteiger partial charge in [-0.25, -0.2) is 0 Å². The van der Waals surface area contributed by atoms with Gasteiger partial charge in [-0.3, -0.25) is 0 Å². The Balaban J connectivity index is 0.000000249.